The number of fused-ring (bicyclic) bond motifs is 2. The summed E-state index contributed by atoms with van der Waals surface area (Å²) in [6.07, 6.45) is 16.4. The van der Waals surface area contributed by atoms with E-state index in [0.29, 0.717) is 52.0 Å². The average molecular weight is 634 g/mol. The minimum atomic E-state index is -0.603. The highest BCUT2D eigenvalue weighted by Crippen LogP contribution is 2.28. The Bertz CT molecular complexity index is 1630. The number of nitrogens with one attached hydrogen (secondary N) is 5. The van der Waals surface area contributed by atoms with Crippen molar-refractivity contribution in [1.29, 1.82) is 0 Å². The van der Waals surface area contributed by atoms with Crippen LogP contribution in [0.3, 0.4) is 0 Å². The molecular formula is C38H43N5O4. The molecule has 5 rings (SSSR count). The third-order valence-corrected chi connectivity index (χ3v) is 8.41. The SMILES string of the molecule is O=C(CC[C@@H](NCc1c2ccccc2cc2ccccc12)C(=O)NCCCNC(=O)C1C=CC=C1)NCCCNC(=O)C1C=CC=C1. The lowest BCUT2D eigenvalue weighted by Crippen LogP contribution is -2.45. The molecule has 0 radical (unpaired) electrons. The third kappa shape index (κ3) is 9.50. The van der Waals surface area contributed by atoms with Crippen molar-refractivity contribution >= 4 is 45.2 Å². The minimum Gasteiger partial charge on any atom is -0.356 e. The van der Waals surface area contributed by atoms with Crippen LogP contribution in [-0.2, 0) is 25.7 Å². The summed E-state index contributed by atoms with van der Waals surface area (Å²) < 4.78 is 0. The van der Waals surface area contributed by atoms with Gasteiger partial charge < -0.3 is 26.6 Å². The monoisotopic (exact) mass is 633 g/mol. The van der Waals surface area contributed by atoms with E-state index in [-0.39, 0.29) is 41.9 Å². The van der Waals surface area contributed by atoms with E-state index in [1.54, 1.807) is 0 Å². The van der Waals surface area contributed by atoms with Crippen molar-refractivity contribution in [2.24, 2.45) is 11.8 Å². The van der Waals surface area contributed by atoms with Crippen molar-refractivity contribution in [3.63, 3.8) is 0 Å². The molecule has 9 nitrogen and oxygen atoms in total. The van der Waals surface area contributed by atoms with E-state index in [2.05, 4.69) is 56.9 Å². The standard InChI is InChI=1S/C38H43N5O4/c44-35(39-21-9-22-40-36(45)27-11-1-2-12-27)20-19-34(38(47)42-24-10-23-41-37(46)28-13-3-4-14-28)43-26-33-31-17-7-5-15-29(31)25-30-16-6-8-18-32(30)33/h1-8,11-18,25,27-28,34,43H,9-10,19-24,26H2,(H,39,44)(H,40,45)(H,41,46)(H,42,47)/t34-/m1/s1. The molecule has 3 aromatic rings. The van der Waals surface area contributed by atoms with Crippen LogP contribution in [0.15, 0.2) is 103 Å². The van der Waals surface area contributed by atoms with Gasteiger partial charge in [0.05, 0.1) is 17.9 Å². The quantitative estimate of drug-likeness (QED) is 0.114. The molecule has 0 aromatic heterocycles. The van der Waals surface area contributed by atoms with Gasteiger partial charge in [-0.1, -0.05) is 97.1 Å². The van der Waals surface area contributed by atoms with Gasteiger partial charge in [0.1, 0.15) is 0 Å². The molecule has 9 heteroatoms. The van der Waals surface area contributed by atoms with Gasteiger partial charge in [-0.3, -0.25) is 19.2 Å². The van der Waals surface area contributed by atoms with E-state index in [4.69, 9.17) is 0 Å². The molecule has 0 saturated heterocycles. The van der Waals surface area contributed by atoms with Crippen LogP contribution in [0.4, 0.5) is 0 Å². The zero-order valence-corrected chi connectivity index (χ0v) is 26.5. The van der Waals surface area contributed by atoms with Gasteiger partial charge in [-0.05, 0) is 52.4 Å². The smallest absolute Gasteiger partial charge is 0.237 e. The molecule has 244 valence electrons. The van der Waals surface area contributed by atoms with Gasteiger partial charge in [0.15, 0.2) is 0 Å². The molecule has 47 heavy (non-hydrogen) atoms. The molecule has 1 atom stereocenters. The Morgan fingerprint density at radius 2 is 1.11 bits per heavy atom. The number of allylic oxidation sites excluding steroid dienone is 4. The Morgan fingerprint density at radius 3 is 1.66 bits per heavy atom. The number of carbonyl (C=O) groups is 4. The fourth-order valence-corrected chi connectivity index (χ4v) is 5.82. The lowest BCUT2D eigenvalue weighted by atomic mass is 9.96. The predicted octanol–water partition coefficient (Wildman–Crippen LogP) is 3.96. The predicted molar refractivity (Wildman–Crippen MR) is 186 cm³/mol. The molecule has 3 aromatic carbocycles. The van der Waals surface area contributed by atoms with E-state index >= 15 is 0 Å². The Morgan fingerprint density at radius 1 is 0.617 bits per heavy atom. The highest BCUT2D eigenvalue weighted by Gasteiger charge is 2.21. The molecule has 0 heterocycles. The van der Waals surface area contributed by atoms with Gasteiger partial charge in [0.25, 0.3) is 0 Å². The maximum Gasteiger partial charge on any atom is 0.237 e. The molecule has 0 saturated carbocycles. The van der Waals surface area contributed by atoms with E-state index in [9.17, 15) is 19.2 Å². The van der Waals surface area contributed by atoms with Crippen LogP contribution in [0.5, 0.6) is 0 Å². The first-order valence-electron chi connectivity index (χ1n) is 16.4. The van der Waals surface area contributed by atoms with Crippen LogP contribution >= 0.6 is 0 Å². The molecule has 0 bridgehead atoms. The molecule has 4 amide bonds. The van der Waals surface area contributed by atoms with Crippen LogP contribution in [0.2, 0.25) is 0 Å². The summed E-state index contributed by atoms with van der Waals surface area (Å²) >= 11 is 0. The summed E-state index contributed by atoms with van der Waals surface area (Å²) in [4.78, 5) is 50.5. The van der Waals surface area contributed by atoms with Crippen molar-refractivity contribution < 1.29 is 19.2 Å². The summed E-state index contributed by atoms with van der Waals surface area (Å²) in [6.45, 7) is 2.20. The fourth-order valence-electron chi connectivity index (χ4n) is 5.82. The minimum absolute atomic E-state index is 0.0502. The van der Waals surface area contributed by atoms with Crippen molar-refractivity contribution in [3.05, 3.63) is 109 Å². The van der Waals surface area contributed by atoms with Crippen LogP contribution in [-0.4, -0.2) is 55.8 Å². The molecule has 2 aliphatic rings. The van der Waals surface area contributed by atoms with Gasteiger partial charge in [0.2, 0.25) is 23.6 Å². The van der Waals surface area contributed by atoms with Crippen molar-refractivity contribution in [1.82, 2.24) is 26.6 Å². The molecule has 0 fully saturated rings. The van der Waals surface area contributed by atoms with Crippen LogP contribution < -0.4 is 26.6 Å². The molecule has 0 spiro atoms. The summed E-state index contributed by atoms with van der Waals surface area (Å²) in [5.74, 6) is -0.901. The Labute approximate surface area is 275 Å². The van der Waals surface area contributed by atoms with Gasteiger partial charge >= 0.3 is 0 Å². The van der Waals surface area contributed by atoms with Gasteiger partial charge in [-0.25, -0.2) is 0 Å². The number of benzene rings is 3. The number of carbonyl (C=O) groups excluding carboxylic acids is 4. The van der Waals surface area contributed by atoms with Crippen LogP contribution in [0, 0.1) is 11.8 Å². The normalized spacial score (nSPS) is 14.6. The Kier molecular flexibility index (Phi) is 12.1. The lowest BCUT2D eigenvalue weighted by Gasteiger charge is -2.20. The molecular weight excluding hydrogens is 590 g/mol. The van der Waals surface area contributed by atoms with Gasteiger partial charge in [-0.15, -0.1) is 0 Å². The molecule has 5 N–H and O–H groups in total. The zero-order valence-electron chi connectivity index (χ0n) is 26.5. The summed E-state index contributed by atoms with van der Waals surface area (Å²) in [7, 11) is 0. The first kappa shape index (κ1) is 33.3. The average Bonchev–Trinajstić information content (AvgIpc) is 3.83. The van der Waals surface area contributed by atoms with Crippen LogP contribution in [0.1, 0.15) is 31.2 Å². The second-order valence-corrected chi connectivity index (χ2v) is 11.8. The Hall–Kier alpha value is -5.02. The molecule has 2 aliphatic carbocycles. The maximum absolute atomic E-state index is 13.4. The van der Waals surface area contributed by atoms with Crippen molar-refractivity contribution in [2.45, 2.75) is 38.3 Å². The highest BCUT2D eigenvalue weighted by atomic mass is 16.2. The number of rotatable bonds is 17. The zero-order chi connectivity index (χ0) is 32.8. The third-order valence-electron chi connectivity index (χ3n) is 8.41. The van der Waals surface area contributed by atoms with Crippen LogP contribution in [0.25, 0.3) is 21.5 Å². The largest absolute Gasteiger partial charge is 0.356 e. The van der Waals surface area contributed by atoms with Gasteiger partial charge in [-0.2, -0.15) is 0 Å². The first-order chi connectivity index (χ1) is 23.0. The van der Waals surface area contributed by atoms with E-state index in [1.165, 1.54) is 0 Å². The van der Waals surface area contributed by atoms with E-state index in [0.717, 1.165) is 27.1 Å². The summed E-state index contributed by atoms with van der Waals surface area (Å²) in [6, 6.07) is 18.0. The van der Waals surface area contributed by atoms with Crippen molar-refractivity contribution in [3.8, 4) is 0 Å². The molecule has 0 unspecified atom stereocenters. The number of hydrogen-bond donors (Lipinski definition) is 5. The number of hydrogen-bond acceptors (Lipinski definition) is 5. The van der Waals surface area contributed by atoms with Crippen molar-refractivity contribution in [2.75, 3.05) is 26.2 Å². The second-order valence-electron chi connectivity index (χ2n) is 11.8. The number of amides is 4. The maximum atomic E-state index is 13.4. The lowest BCUT2D eigenvalue weighted by molar-refractivity contribution is -0.124. The fraction of sp³-hybridized carbons (Fsp3) is 0.316. The summed E-state index contributed by atoms with van der Waals surface area (Å²) in [5, 5.41) is 19.6. The first-order valence-corrected chi connectivity index (χ1v) is 16.4. The summed E-state index contributed by atoms with van der Waals surface area (Å²) in [5.41, 5.74) is 1.10. The van der Waals surface area contributed by atoms with E-state index < -0.39 is 6.04 Å². The second kappa shape index (κ2) is 17.1. The Balaban J connectivity index is 1.14. The highest BCUT2D eigenvalue weighted by molar-refractivity contribution is 6.02. The topological polar surface area (TPSA) is 128 Å². The van der Waals surface area contributed by atoms with Gasteiger partial charge in [0, 0.05) is 39.1 Å². The van der Waals surface area contributed by atoms with E-state index in [1.807, 2.05) is 72.9 Å². The molecule has 0 aliphatic heterocycles.